The third-order valence-electron chi connectivity index (χ3n) is 3.76. The van der Waals surface area contributed by atoms with E-state index in [1.165, 1.54) is 17.0 Å². The van der Waals surface area contributed by atoms with Crippen LogP contribution in [0.5, 0.6) is 0 Å². The Morgan fingerprint density at radius 2 is 1.80 bits per heavy atom. The van der Waals surface area contributed by atoms with Gasteiger partial charge in [-0.2, -0.15) is 10.2 Å². The second-order valence-corrected chi connectivity index (χ2v) is 5.85. The Bertz CT molecular complexity index is 612. The van der Waals surface area contributed by atoms with E-state index < -0.39 is 0 Å². The van der Waals surface area contributed by atoms with E-state index in [4.69, 9.17) is 0 Å². The van der Waals surface area contributed by atoms with Crippen LogP contribution in [0.1, 0.15) is 35.3 Å². The molecule has 0 atom stereocenters. The first-order valence-corrected chi connectivity index (χ1v) is 7.65. The molecule has 6 heteroatoms. The molecule has 0 aliphatic heterocycles. The molecule has 0 saturated carbocycles. The molecule has 2 aromatic rings. The van der Waals surface area contributed by atoms with Crippen molar-refractivity contribution in [3.8, 4) is 0 Å². The van der Waals surface area contributed by atoms with Crippen molar-refractivity contribution in [1.29, 1.82) is 0 Å². The quantitative estimate of drug-likeness (QED) is 0.909. The van der Waals surface area contributed by atoms with Crippen molar-refractivity contribution in [2.45, 2.75) is 40.3 Å². The normalized spacial score (nSPS) is 11.3. The second-order valence-electron chi connectivity index (χ2n) is 5.06. The average Bonchev–Trinajstić information content (AvgIpc) is 2.81. The maximum atomic E-state index is 4.51. The number of rotatable bonds is 5. The van der Waals surface area contributed by atoms with Crippen LogP contribution < -0.4 is 5.32 Å². The van der Waals surface area contributed by atoms with Crippen molar-refractivity contribution in [2.24, 2.45) is 14.1 Å². The van der Waals surface area contributed by atoms with Crippen molar-refractivity contribution in [2.75, 3.05) is 0 Å². The van der Waals surface area contributed by atoms with E-state index >= 15 is 0 Å². The number of aromatic nitrogens is 4. The van der Waals surface area contributed by atoms with E-state index in [1.807, 2.05) is 23.5 Å². The van der Waals surface area contributed by atoms with Crippen LogP contribution in [0.2, 0.25) is 0 Å². The van der Waals surface area contributed by atoms with Gasteiger partial charge in [0.15, 0.2) is 0 Å². The Morgan fingerprint density at radius 1 is 1.10 bits per heavy atom. The van der Waals surface area contributed by atoms with Gasteiger partial charge in [-0.1, -0.05) is 6.92 Å². The van der Waals surface area contributed by atoms with Gasteiger partial charge in [0.1, 0.15) is 0 Å². The molecule has 0 amide bonds. The average molecular weight is 340 g/mol. The molecule has 110 valence electrons. The lowest BCUT2D eigenvalue weighted by Gasteiger charge is -2.06. The predicted molar refractivity (Wildman–Crippen MR) is 83.5 cm³/mol. The minimum atomic E-state index is 0.790. The molecule has 1 N–H and O–H groups in total. The van der Waals surface area contributed by atoms with Crippen LogP contribution in [0.25, 0.3) is 0 Å². The summed E-state index contributed by atoms with van der Waals surface area (Å²) < 4.78 is 5.00. The molecule has 2 rings (SSSR count). The van der Waals surface area contributed by atoms with Crippen LogP contribution in [0, 0.1) is 13.8 Å². The largest absolute Gasteiger partial charge is 0.307 e. The lowest BCUT2D eigenvalue weighted by atomic mass is 10.2. The highest BCUT2D eigenvalue weighted by molar-refractivity contribution is 9.10. The molecule has 0 saturated heterocycles. The summed E-state index contributed by atoms with van der Waals surface area (Å²) in [4.78, 5) is 0. The Hall–Kier alpha value is -1.14. The second kappa shape index (κ2) is 6.10. The molecule has 0 aliphatic carbocycles. The molecule has 2 heterocycles. The fourth-order valence-corrected chi connectivity index (χ4v) is 3.15. The summed E-state index contributed by atoms with van der Waals surface area (Å²) in [7, 11) is 3.97. The first-order valence-electron chi connectivity index (χ1n) is 6.85. The number of halogens is 1. The van der Waals surface area contributed by atoms with Gasteiger partial charge in [-0.25, -0.2) is 0 Å². The van der Waals surface area contributed by atoms with Gasteiger partial charge in [-0.3, -0.25) is 9.36 Å². The molecular weight excluding hydrogens is 318 g/mol. The molecule has 0 aliphatic rings. The molecule has 0 fully saturated rings. The van der Waals surface area contributed by atoms with E-state index in [0.717, 1.165) is 35.4 Å². The maximum Gasteiger partial charge on any atom is 0.0767 e. The fourth-order valence-electron chi connectivity index (χ4n) is 2.39. The van der Waals surface area contributed by atoms with Crippen LogP contribution in [0.3, 0.4) is 0 Å². The molecular formula is C14H22BrN5. The van der Waals surface area contributed by atoms with Crippen molar-refractivity contribution >= 4 is 15.9 Å². The third kappa shape index (κ3) is 2.81. The Labute approximate surface area is 128 Å². The van der Waals surface area contributed by atoms with Gasteiger partial charge in [-0.05, 0) is 36.2 Å². The van der Waals surface area contributed by atoms with Gasteiger partial charge in [0, 0.05) is 38.4 Å². The first-order chi connectivity index (χ1) is 9.45. The van der Waals surface area contributed by atoms with Crippen LogP contribution in [0.4, 0.5) is 0 Å². The highest BCUT2D eigenvalue weighted by Gasteiger charge is 2.13. The monoisotopic (exact) mass is 339 g/mol. The zero-order valence-electron chi connectivity index (χ0n) is 12.8. The summed E-state index contributed by atoms with van der Waals surface area (Å²) in [6, 6.07) is 0. The van der Waals surface area contributed by atoms with Crippen molar-refractivity contribution < 1.29 is 0 Å². The SMILES string of the molecule is CCc1nn(C)c(CNCc2c(C)nn(C)c2C)c1Br. The Morgan fingerprint density at radius 3 is 2.30 bits per heavy atom. The molecule has 0 aromatic carbocycles. The van der Waals surface area contributed by atoms with E-state index in [2.05, 4.69) is 52.2 Å². The van der Waals surface area contributed by atoms with Crippen LogP contribution in [0.15, 0.2) is 4.47 Å². The van der Waals surface area contributed by atoms with E-state index in [9.17, 15) is 0 Å². The van der Waals surface area contributed by atoms with Gasteiger partial charge in [-0.15, -0.1) is 0 Å². The smallest absolute Gasteiger partial charge is 0.0767 e. The van der Waals surface area contributed by atoms with E-state index in [1.54, 1.807) is 0 Å². The molecule has 2 aromatic heterocycles. The van der Waals surface area contributed by atoms with Gasteiger partial charge in [0.2, 0.25) is 0 Å². The molecule has 0 unspecified atom stereocenters. The van der Waals surface area contributed by atoms with Crippen molar-refractivity contribution in [3.05, 3.63) is 32.8 Å². The standard InChI is InChI=1S/C14H22BrN5/c1-6-12-14(15)13(20(5)18-12)8-16-7-11-9(2)17-19(4)10(11)3/h16H,6-8H2,1-5H3. The van der Waals surface area contributed by atoms with Crippen molar-refractivity contribution in [3.63, 3.8) is 0 Å². The molecule has 0 spiro atoms. The zero-order valence-corrected chi connectivity index (χ0v) is 14.4. The van der Waals surface area contributed by atoms with E-state index in [-0.39, 0.29) is 0 Å². The van der Waals surface area contributed by atoms with Gasteiger partial charge in [0.05, 0.1) is 21.6 Å². The predicted octanol–water partition coefficient (Wildman–Crippen LogP) is 2.39. The summed E-state index contributed by atoms with van der Waals surface area (Å²) in [5.41, 5.74) is 5.88. The fraction of sp³-hybridized carbons (Fsp3) is 0.571. The van der Waals surface area contributed by atoms with Gasteiger partial charge in [0.25, 0.3) is 0 Å². The molecule has 20 heavy (non-hydrogen) atoms. The number of hydrogen-bond acceptors (Lipinski definition) is 3. The highest BCUT2D eigenvalue weighted by Crippen LogP contribution is 2.21. The summed E-state index contributed by atoms with van der Waals surface area (Å²) >= 11 is 3.64. The molecule has 0 radical (unpaired) electrons. The van der Waals surface area contributed by atoms with Gasteiger partial charge < -0.3 is 5.32 Å². The van der Waals surface area contributed by atoms with Crippen LogP contribution in [-0.4, -0.2) is 19.6 Å². The number of nitrogens with zero attached hydrogens (tertiary/aromatic N) is 4. The van der Waals surface area contributed by atoms with E-state index in [0.29, 0.717) is 0 Å². The third-order valence-corrected chi connectivity index (χ3v) is 4.67. The topological polar surface area (TPSA) is 47.7 Å². The van der Waals surface area contributed by atoms with Gasteiger partial charge >= 0.3 is 0 Å². The van der Waals surface area contributed by atoms with Crippen LogP contribution >= 0.6 is 15.9 Å². The maximum absolute atomic E-state index is 4.51. The minimum Gasteiger partial charge on any atom is -0.307 e. The molecule has 5 nitrogen and oxygen atoms in total. The summed E-state index contributed by atoms with van der Waals surface area (Å²) in [6.45, 7) is 7.89. The Kier molecular flexibility index (Phi) is 4.65. The summed E-state index contributed by atoms with van der Waals surface area (Å²) in [6.07, 6.45) is 0.940. The molecule has 0 bridgehead atoms. The number of nitrogens with one attached hydrogen (secondary N) is 1. The highest BCUT2D eigenvalue weighted by atomic mass is 79.9. The first kappa shape index (κ1) is 15.3. The summed E-state index contributed by atoms with van der Waals surface area (Å²) in [5, 5.41) is 12.4. The minimum absolute atomic E-state index is 0.790. The number of hydrogen-bond donors (Lipinski definition) is 1. The lowest BCUT2D eigenvalue weighted by Crippen LogP contribution is -2.16. The van der Waals surface area contributed by atoms with Crippen LogP contribution in [-0.2, 0) is 33.6 Å². The number of aryl methyl sites for hydroxylation is 4. The van der Waals surface area contributed by atoms with Crippen molar-refractivity contribution in [1.82, 2.24) is 24.9 Å². The zero-order chi connectivity index (χ0) is 14.9. The Balaban J connectivity index is 2.05. The lowest BCUT2D eigenvalue weighted by molar-refractivity contribution is 0.619. The summed E-state index contributed by atoms with van der Waals surface area (Å²) in [5.74, 6) is 0.